The number of aryl methyl sites for hydroxylation is 1. The number of amides is 1. The van der Waals surface area contributed by atoms with E-state index in [0.717, 1.165) is 16.0 Å². The normalized spacial score (nSPS) is 11.9. The molecule has 0 saturated heterocycles. The van der Waals surface area contributed by atoms with E-state index in [1.165, 1.54) is 0 Å². The number of carbonyl (C=O) groups is 1. The molecule has 0 spiro atoms. The molecule has 134 valence electrons. The summed E-state index contributed by atoms with van der Waals surface area (Å²) in [5.74, 6) is 0.587. The second kappa shape index (κ2) is 8.34. The fourth-order valence-corrected chi connectivity index (χ4v) is 3.93. The van der Waals surface area contributed by atoms with E-state index in [-0.39, 0.29) is 17.4 Å². The van der Waals surface area contributed by atoms with Crippen LogP contribution in [0.1, 0.15) is 27.4 Å². The topological polar surface area (TPSA) is 59.3 Å². The number of hydrogen-bond donors (Lipinski definition) is 1. The Kier molecular flexibility index (Phi) is 5.91. The third kappa shape index (κ3) is 4.42. The molecule has 0 unspecified atom stereocenters. The Hall–Kier alpha value is -2.37. The third-order valence-electron chi connectivity index (χ3n) is 3.89. The summed E-state index contributed by atoms with van der Waals surface area (Å²) >= 11 is 6.08. The molecule has 0 fully saturated rings. The van der Waals surface area contributed by atoms with Crippen LogP contribution in [0.25, 0.3) is 0 Å². The van der Waals surface area contributed by atoms with Crippen molar-refractivity contribution in [1.82, 2.24) is 5.32 Å². The molecule has 1 aromatic heterocycles. The molecule has 0 aliphatic heterocycles. The van der Waals surface area contributed by atoms with Crippen LogP contribution >= 0.6 is 11.6 Å². The highest BCUT2D eigenvalue weighted by atomic mass is 35.5. The van der Waals surface area contributed by atoms with Gasteiger partial charge in [0, 0.05) is 16.5 Å². The minimum absolute atomic E-state index is 0.189. The van der Waals surface area contributed by atoms with E-state index < -0.39 is 10.8 Å². The molecule has 0 aliphatic rings. The summed E-state index contributed by atoms with van der Waals surface area (Å²) in [5.41, 5.74) is 1.80. The Bertz CT molecular complexity index is 951. The van der Waals surface area contributed by atoms with Gasteiger partial charge in [0.1, 0.15) is 5.76 Å². The van der Waals surface area contributed by atoms with Crippen molar-refractivity contribution >= 4 is 28.3 Å². The zero-order valence-electron chi connectivity index (χ0n) is 14.2. The highest BCUT2D eigenvalue weighted by Crippen LogP contribution is 2.18. The molecule has 3 aromatic rings. The molecule has 3 rings (SSSR count). The zero-order chi connectivity index (χ0) is 18.5. The van der Waals surface area contributed by atoms with Crippen LogP contribution in [0.5, 0.6) is 0 Å². The summed E-state index contributed by atoms with van der Waals surface area (Å²) in [5, 5.41) is 3.37. The maximum Gasteiger partial charge on any atom is 0.287 e. The summed E-state index contributed by atoms with van der Waals surface area (Å²) in [6.07, 6.45) is 0. The van der Waals surface area contributed by atoms with Crippen LogP contribution in [0.15, 0.2) is 70.0 Å². The van der Waals surface area contributed by atoms with Crippen LogP contribution in [0.3, 0.4) is 0 Å². The van der Waals surface area contributed by atoms with Crippen LogP contribution in [-0.2, 0) is 23.1 Å². The molecule has 1 N–H and O–H groups in total. The fraction of sp³-hybridized carbons (Fsp3) is 0.150. The summed E-state index contributed by atoms with van der Waals surface area (Å²) < 4.78 is 18.1. The van der Waals surface area contributed by atoms with Gasteiger partial charge in [0.15, 0.2) is 5.76 Å². The zero-order valence-corrected chi connectivity index (χ0v) is 15.8. The van der Waals surface area contributed by atoms with Gasteiger partial charge >= 0.3 is 0 Å². The minimum Gasteiger partial charge on any atom is -0.455 e. The number of rotatable bonds is 6. The lowest BCUT2D eigenvalue weighted by atomic mass is 10.2. The molecular formula is C20H18ClNO3S. The van der Waals surface area contributed by atoms with Crippen molar-refractivity contribution in [1.29, 1.82) is 0 Å². The lowest BCUT2D eigenvalue weighted by Gasteiger charge is -2.05. The largest absolute Gasteiger partial charge is 0.455 e. The van der Waals surface area contributed by atoms with Crippen molar-refractivity contribution in [3.05, 3.63) is 88.3 Å². The summed E-state index contributed by atoms with van der Waals surface area (Å²) in [6.45, 7) is 2.23. The van der Waals surface area contributed by atoms with Crippen molar-refractivity contribution in [3.63, 3.8) is 0 Å². The van der Waals surface area contributed by atoms with Crippen molar-refractivity contribution in [2.24, 2.45) is 0 Å². The van der Waals surface area contributed by atoms with Gasteiger partial charge in [-0.3, -0.25) is 9.00 Å². The molecule has 4 nitrogen and oxygen atoms in total. The molecule has 0 saturated carbocycles. The first-order valence-electron chi connectivity index (χ1n) is 8.09. The van der Waals surface area contributed by atoms with Crippen molar-refractivity contribution in [2.75, 3.05) is 0 Å². The Balaban J connectivity index is 1.62. The van der Waals surface area contributed by atoms with Gasteiger partial charge in [-0.15, -0.1) is 0 Å². The van der Waals surface area contributed by atoms with Crippen LogP contribution < -0.4 is 5.32 Å². The SMILES string of the molecule is Cc1ccccc1[S@@](=O)Cc1ccc(C(=O)NCc2ccccc2Cl)o1. The highest BCUT2D eigenvalue weighted by Gasteiger charge is 2.14. The molecule has 6 heteroatoms. The lowest BCUT2D eigenvalue weighted by molar-refractivity contribution is 0.0921. The lowest BCUT2D eigenvalue weighted by Crippen LogP contribution is -2.22. The van der Waals surface area contributed by atoms with Gasteiger partial charge in [0.25, 0.3) is 5.91 Å². The highest BCUT2D eigenvalue weighted by molar-refractivity contribution is 7.84. The number of carbonyl (C=O) groups excluding carboxylic acids is 1. The molecule has 0 bridgehead atoms. The van der Waals surface area contributed by atoms with Gasteiger partial charge < -0.3 is 9.73 Å². The number of furan rings is 1. The fourth-order valence-electron chi connectivity index (χ4n) is 2.50. The Morgan fingerprint density at radius 3 is 2.58 bits per heavy atom. The monoisotopic (exact) mass is 387 g/mol. The molecule has 1 heterocycles. The second-order valence-electron chi connectivity index (χ2n) is 5.80. The summed E-state index contributed by atoms with van der Waals surface area (Å²) in [4.78, 5) is 13.0. The van der Waals surface area contributed by atoms with Gasteiger partial charge in [0.2, 0.25) is 0 Å². The Morgan fingerprint density at radius 1 is 1.08 bits per heavy atom. The molecule has 1 amide bonds. The molecule has 0 aliphatic carbocycles. The Morgan fingerprint density at radius 2 is 1.81 bits per heavy atom. The molecular weight excluding hydrogens is 370 g/mol. The van der Waals surface area contributed by atoms with Crippen LogP contribution in [0, 0.1) is 6.92 Å². The van der Waals surface area contributed by atoms with Gasteiger partial charge in [-0.1, -0.05) is 48.0 Å². The first-order valence-corrected chi connectivity index (χ1v) is 9.78. The molecule has 2 aromatic carbocycles. The third-order valence-corrected chi connectivity index (χ3v) is 5.76. The minimum atomic E-state index is -1.23. The van der Waals surface area contributed by atoms with E-state index in [4.69, 9.17) is 16.0 Å². The van der Waals surface area contributed by atoms with Gasteiger partial charge in [-0.05, 0) is 42.3 Å². The quantitative estimate of drug-likeness (QED) is 0.678. The maximum absolute atomic E-state index is 12.5. The first kappa shape index (κ1) is 18.4. The smallest absolute Gasteiger partial charge is 0.287 e. The van der Waals surface area contributed by atoms with Gasteiger partial charge in [-0.25, -0.2) is 0 Å². The summed E-state index contributed by atoms with van der Waals surface area (Å²) in [6, 6.07) is 18.1. The molecule has 0 radical (unpaired) electrons. The number of hydrogen-bond acceptors (Lipinski definition) is 3. The van der Waals surface area contributed by atoms with E-state index in [1.807, 2.05) is 49.4 Å². The van der Waals surface area contributed by atoms with Crippen LogP contribution in [0.2, 0.25) is 5.02 Å². The average Bonchev–Trinajstić information content (AvgIpc) is 3.09. The van der Waals surface area contributed by atoms with Crippen LogP contribution in [-0.4, -0.2) is 10.1 Å². The molecule has 26 heavy (non-hydrogen) atoms. The average molecular weight is 388 g/mol. The van der Waals surface area contributed by atoms with Crippen molar-refractivity contribution < 1.29 is 13.4 Å². The summed E-state index contributed by atoms with van der Waals surface area (Å²) in [7, 11) is -1.23. The maximum atomic E-state index is 12.5. The number of nitrogens with one attached hydrogen (secondary N) is 1. The van der Waals surface area contributed by atoms with Crippen molar-refractivity contribution in [2.45, 2.75) is 24.1 Å². The predicted molar refractivity (Wildman–Crippen MR) is 103 cm³/mol. The first-order chi connectivity index (χ1) is 12.5. The Labute approximate surface area is 159 Å². The van der Waals surface area contributed by atoms with Gasteiger partial charge in [-0.2, -0.15) is 0 Å². The predicted octanol–water partition coefficient (Wildman–Crippen LogP) is 4.48. The van der Waals surface area contributed by atoms with E-state index in [1.54, 1.807) is 18.2 Å². The second-order valence-corrected chi connectivity index (χ2v) is 7.62. The molecule has 1 atom stereocenters. The van der Waals surface area contributed by atoms with E-state index in [2.05, 4.69) is 5.32 Å². The van der Waals surface area contributed by atoms with Crippen molar-refractivity contribution in [3.8, 4) is 0 Å². The van der Waals surface area contributed by atoms with Crippen LogP contribution in [0.4, 0.5) is 0 Å². The van der Waals surface area contributed by atoms with Gasteiger partial charge in [0.05, 0.1) is 16.6 Å². The number of benzene rings is 2. The van der Waals surface area contributed by atoms with E-state index in [0.29, 0.717) is 17.3 Å². The van der Waals surface area contributed by atoms with E-state index >= 15 is 0 Å². The van der Waals surface area contributed by atoms with E-state index in [9.17, 15) is 9.00 Å². The standard InChI is InChI=1S/C20H18ClNO3S/c1-14-6-2-5-9-19(14)26(24)13-16-10-11-18(25-16)20(23)22-12-15-7-3-4-8-17(15)21/h2-11H,12-13H2,1H3,(H,22,23)/t26-/m0/s1. The number of halogens is 1.